The second kappa shape index (κ2) is 12.9. The van der Waals surface area contributed by atoms with E-state index in [0.29, 0.717) is 60.0 Å². The Bertz CT molecular complexity index is 2380. The van der Waals surface area contributed by atoms with E-state index in [1.54, 1.807) is 33.2 Å². The van der Waals surface area contributed by atoms with Crippen molar-refractivity contribution in [2.75, 3.05) is 25.2 Å². The Labute approximate surface area is 305 Å². The van der Waals surface area contributed by atoms with E-state index < -0.39 is 35.6 Å². The Balaban J connectivity index is 1.50. The van der Waals surface area contributed by atoms with Gasteiger partial charge in [-0.3, -0.25) is 4.79 Å². The Morgan fingerprint density at radius 1 is 1.13 bits per heavy atom. The third-order valence-electron chi connectivity index (χ3n) is 11.6. The number of nitrogens with two attached hydrogens (primary N) is 2. The number of phenols is 1. The number of esters is 1. The number of ether oxygens (including phenoxy) is 3. The highest BCUT2D eigenvalue weighted by Gasteiger charge is 2.55. The van der Waals surface area contributed by atoms with Crippen LogP contribution in [0, 0.1) is 11.8 Å². The van der Waals surface area contributed by atoms with Crippen molar-refractivity contribution in [2.24, 2.45) is 11.8 Å². The number of anilines is 2. The van der Waals surface area contributed by atoms with E-state index in [4.69, 9.17) is 30.1 Å². The number of benzene rings is 1. The van der Waals surface area contributed by atoms with Crippen LogP contribution in [-0.4, -0.2) is 51.6 Å². The van der Waals surface area contributed by atoms with Crippen molar-refractivity contribution < 1.29 is 33.6 Å². The number of methoxy groups -OCH3 is 1. The lowest BCUT2D eigenvalue weighted by atomic mass is 9.69. The molecule has 0 radical (unpaired) electrons. The third-order valence-corrected chi connectivity index (χ3v) is 11.6. The molecular formula is C41H42N4O8. The number of phenolic OH excluding ortho intramolecular Hbond substituents is 1. The van der Waals surface area contributed by atoms with Crippen LogP contribution in [0.4, 0.5) is 11.6 Å². The molecule has 6 N–H and O–H groups in total. The third kappa shape index (κ3) is 5.42. The van der Waals surface area contributed by atoms with Crippen LogP contribution in [0.25, 0.3) is 16.5 Å². The van der Waals surface area contributed by atoms with Gasteiger partial charge in [0.1, 0.15) is 52.6 Å². The molecule has 2 aliphatic heterocycles. The summed E-state index contributed by atoms with van der Waals surface area (Å²) in [4.78, 5) is 36.4. The van der Waals surface area contributed by atoms with Gasteiger partial charge < -0.3 is 40.3 Å². The van der Waals surface area contributed by atoms with Gasteiger partial charge in [0.2, 0.25) is 0 Å². The molecule has 2 aliphatic carbocycles. The number of nitrogen functional groups attached to an aromatic ring is 2. The first-order valence-corrected chi connectivity index (χ1v) is 17.9. The van der Waals surface area contributed by atoms with Crippen molar-refractivity contribution in [3.05, 3.63) is 109 Å². The molecule has 53 heavy (non-hydrogen) atoms. The van der Waals surface area contributed by atoms with E-state index in [-0.39, 0.29) is 41.2 Å². The van der Waals surface area contributed by atoms with Gasteiger partial charge in [0.05, 0.1) is 0 Å². The molecule has 8 rings (SSSR count). The molecule has 1 aromatic carbocycles. The minimum Gasteiger partial charge on any atom is -0.507 e. The minimum absolute atomic E-state index is 0.0394. The van der Waals surface area contributed by atoms with Gasteiger partial charge in [-0.25, -0.2) is 14.8 Å². The molecular weight excluding hydrogens is 676 g/mol. The molecule has 0 saturated carbocycles. The Morgan fingerprint density at radius 2 is 1.94 bits per heavy atom. The number of aliphatic hydroxyl groups excluding tert-OH is 1. The van der Waals surface area contributed by atoms with E-state index in [1.807, 2.05) is 25.3 Å². The Kier molecular flexibility index (Phi) is 8.42. The fourth-order valence-corrected chi connectivity index (χ4v) is 8.74. The molecule has 274 valence electrons. The number of hydrogen-bond acceptors (Lipinski definition) is 12. The Hall–Kier alpha value is -5.46. The highest BCUT2D eigenvalue weighted by Crippen LogP contribution is 2.57. The Morgan fingerprint density at radius 3 is 2.70 bits per heavy atom. The van der Waals surface area contributed by atoms with Crippen LogP contribution < -0.4 is 21.6 Å². The number of carbonyl (C=O) groups is 1. The number of pyridine rings is 2. The lowest BCUT2D eigenvalue weighted by Crippen LogP contribution is -2.57. The molecule has 5 heterocycles. The second-order valence-electron chi connectivity index (χ2n) is 14.6. The largest absolute Gasteiger partial charge is 0.507 e. The SMILES string of the molecule is CC=C(C)C(=O)OC1Cc2c3c(c4oc(CO)cc(=O)c4c2O)Cc2ccnc(N)c2C2=CC(CCOC)C4=C2C(Cc2cnc(N)cc2C4)C1(C)O3. The van der Waals surface area contributed by atoms with Crippen molar-refractivity contribution in [3.8, 4) is 11.5 Å². The highest BCUT2D eigenvalue weighted by atomic mass is 16.6. The minimum atomic E-state index is -1.26. The summed E-state index contributed by atoms with van der Waals surface area (Å²) in [6.07, 6.45) is 8.44. The number of rotatable bonds is 6. The molecule has 4 aromatic rings. The maximum absolute atomic E-state index is 13.7. The standard InChI is InChI=1S/C41H42N4O8/c1-5-19(2)40(49)52-31-16-27-36(48)35-30(47)15-24(18-46)51-38(35)28-11-21-6-8-44-39(43)33(21)26-10-20(7-9-50-4)25-12-22-14-32(42)45-17-23(22)13-29(34(25)26)41(31,3)53-37(27)28/h5-6,8,10,14-15,17,20,29,31,46,48H,7,9,11-13,16,18H2,1-4H3,(H2,42,45)(H2,43,44). The lowest BCUT2D eigenvalue weighted by molar-refractivity contribution is -0.162. The van der Waals surface area contributed by atoms with Gasteiger partial charge >= 0.3 is 5.97 Å². The molecule has 2 bridgehead atoms. The van der Waals surface area contributed by atoms with Crippen LogP contribution >= 0.6 is 0 Å². The summed E-state index contributed by atoms with van der Waals surface area (Å²) in [6.45, 7) is 5.39. The number of fused-ring (bicyclic) bond motifs is 7. The van der Waals surface area contributed by atoms with Gasteiger partial charge in [-0.2, -0.15) is 0 Å². The van der Waals surface area contributed by atoms with Crippen molar-refractivity contribution in [1.82, 2.24) is 9.97 Å². The van der Waals surface area contributed by atoms with E-state index >= 15 is 0 Å². The van der Waals surface area contributed by atoms with Crippen molar-refractivity contribution in [1.29, 1.82) is 0 Å². The molecule has 12 nitrogen and oxygen atoms in total. The van der Waals surface area contributed by atoms with Gasteiger partial charge in [0, 0.05) is 79.1 Å². The topological polar surface area (TPSA) is 193 Å². The number of carbonyl (C=O) groups excluding carboxylic acids is 1. The highest BCUT2D eigenvalue weighted by molar-refractivity contribution is 5.94. The van der Waals surface area contributed by atoms with Crippen LogP contribution in [0.5, 0.6) is 11.5 Å². The molecule has 12 heteroatoms. The summed E-state index contributed by atoms with van der Waals surface area (Å²) < 4.78 is 25.5. The van der Waals surface area contributed by atoms with E-state index in [1.165, 1.54) is 6.07 Å². The number of aliphatic hydroxyl groups is 1. The van der Waals surface area contributed by atoms with Gasteiger partial charge in [-0.05, 0) is 80.0 Å². The van der Waals surface area contributed by atoms with Gasteiger partial charge in [0.15, 0.2) is 11.0 Å². The molecule has 0 fully saturated rings. The van der Waals surface area contributed by atoms with Gasteiger partial charge in [-0.1, -0.05) is 17.7 Å². The molecule has 4 aliphatic rings. The van der Waals surface area contributed by atoms with Gasteiger partial charge in [0.25, 0.3) is 0 Å². The first-order valence-electron chi connectivity index (χ1n) is 17.9. The lowest BCUT2D eigenvalue weighted by Gasteiger charge is -2.48. The monoisotopic (exact) mass is 718 g/mol. The smallest absolute Gasteiger partial charge is 0.333 e. The summed E-state index contributed by atoms with van der Waals surface area (Å²) in [6, 6.07) is 4.99. The predicted molar refractivity (Wildman–Crippen MR) is 198 cm³/mol. The first kappa shape index (κ1) is 34.6. The van der Waals surface area contributed by atoms with E-state index in [9.17, 15) is 19.8 Å². The fourth-order valence-electron chi connectivity index (χ4n) is 8.74. The zero-order valence-electron chi connectivity index (χ0n) is 30.1. The molecule has 4 unspecified atom stereocenters. The quantitative estimate of drug-likeness (QED) is 0.156. The summed E-state index contributed by atoms with van der Waals surface area (Å²) in [5, 5.41) is 21.9. The summed E-state index contributed by atoms with van der Waals surface area (Å²) in [5.41, 5.74) is 19.4. The van der Waals surface area contributed by atoms with E-state index in [0.717, 1.165) is 39.0 Å². The second-order valence-corrected chi connectivity index (χ2v) is 14.6. The summed E-state index contributed by atoms with van der Waals surface area (Å²) >= 11 is 0. The number of allylic oxidation sites excluding steroid dienone is 4. The summed E-state index contributed by atoms with van der Waals surface area (Å²) in [7, 11) is 1.68. The zero-order chi connectivity index (χ0) is 37.3. The van der Waals surface area contributed by atoms with Crippen LogP contribution in [0.1, 0.15) is 66.3 Å². The molecule has 0 spiro atoms. The van der Waals surface area contributed by atoms with Crippen molar-refractivity contribution in [2.45, 2.75) is 71.2 Å². The zero-order valence-corrected chi connectivity index (χ0v) is 30.1. The molecule has 4 atom stereocenters. The maximum Gasteiger partial charge on any atom is 0.333 e. The normalized spacial score (nSPS) is 23.0. The van der Waals surface area contributed by atoms with Crippen LogP contribution in [0.3, 0.4) is 0 Å². The molecule has 0 amide bonds. The average Bonchev–Trinajstić information content (AvgIpc) is 3.37. The van der Waals surface area contributed by atoms with Crippen LogP contribution in [0.2, 0.25) is 0 Å². The van der Waals surface area contributed by atoms with Crippen molar-refractivity contribution in [3.63, 3.8) is 0 Å². The fraction of sp³-hybridized carbons (Fsp3) is 0.366. The van der Waals surface area contributed by atoms with Gasteiger partial charge in [-0.15, -0.1) is 0 Å². The van der Waals surface area contributed by atoms with Crippen LogP contribution in [0.15, 0.2) is 68.7 Å². The van der Waals surface area contributed by atoms with Crippen molar-refractivity contribution >= 4 is 34.1 Å². The molecule has 3 aromatic heterocycles. The number of nitrogens with zero attached hydrogens (tertiary/aromatic N) is 2. The first-order chi connectivity index (χ1) is 25.5. The maximum atomic E-state index is 13.7. The number of aromatic hydroxyl groups is 1. The van der Waals surface area contributed by atoms with E-state index in [2.05, 4.69) is 16.0 Å². The van der Waals surface area contributed by atoms with Crippen LogP contribution in [-0.2, 0) is 46.6 Å². The summed E-state index contributed by atoms with van der Waals surface area (Å²) in [5.74, 6) is -0.218. The molecule has 0 saturated heterocycles. The predicted octanol–water partition coefficient (Wildman–Crippen LogP) is 4.88. The average molecular weight is 719 g/mol. The number of hydrogen-bond donors (Lipinski definition) is 4. The number of aromatic nitrogens is 2.